The molecule has 0 fully saturated rings. The van der Waals surface area contributed by atoms with Gasteiger partial charge in [0.2, 0.25) is 0 Å². The zero-order chi connectivity index (χ0) is 8.10. The zero-order valence-electron chi connectivity index (χ0n) is 8.50. The molecule has 0 spiro atoms. The maximum Gasteiger partial charge on any atom is 1.00 e. The fraction of sp³-hybridized carbons (Fsp3) is 0.250. The van der Waals surface area contributed by atoms with Crippen LogP contribution in [0.2, 0.25) is 0 Å². The Morgan fingerprint density at radius 1 is 1.42 bits per heavy atom. The Kier molecular flexibility index (Phi) is 6.42. The first-order chi connectivity index (χ1) is 5.36. The van der Waals surface area contributed by atoms with Gasteiger partial charge in [0.05, 0.1) is 7.11 Å². The van der Waals surface area contributed by atoms with E-state index in [0.717, 1.165) is 11.3 Å². The van der Waals surface area contributed by atoms with Gasteiger partial charge in [-0.15, -0.1) is 0 Å². The van der Waals surface area contributed by atoms with Crippen molar-refractivity contribution in [1.82, 2.24) is 5.43 Å². The normalized spacial score (nSPS) is 8.83. The van der Waals surface area contributed by atoms with Crippen molar-refractivity contribution in [3.8, 4) is 5.75 Å². The van der Waals surface area contributed by atoms with Crippen LogP contribution in [0.4, 0.5) is 0 Å². The van der Waals surface area contributed by atoms with Gasteiger partial charge >= 0.3 is 29.6 Å². The number of rotatable bonds is 3. The molecule has 0 aliphatic heterocycles. The first-order valence-corrected chi connectivity index (χ1v) is 3.43. The van der Waals surface area contributed by atoms with E-state index in [0.29, 0.717) is 6.54 Å². The molecule has 0 heterocycles. The third-order valence-electron chi connectivity index (χ3n) is 1.47. The van der Waals surface area contributed by atoms with Crippen molar-refractivity contribution in [2.75, 3.05) is 7.11 Å². The number of ether oxygens (including phenoxy) is 1. The van der Waals surface area contributed by atoms with Crippen LogP contribution in [0.15, 0.2) is 24.3 Å². The van der Waals surface area contributed by atoms with Crippen LogP contribution in [0.5, 0.6) is 5.75 Å². The molecule has 1 aromatic rings. The van der Waals surface area contributed by atoms with Crippen molar-refractivity contribution in [3.63, 3.8) is 0 Å². The van der Waals surface area contributed by atoms with Gasteiger partial charge < -0.3 is 6.16 Å². The molecule has 4 heteroatoms. The van der Waals surface area contributed by atoms with Crippen LogP contribution in [0, 0.1) is 0 Å². The predicted molar refractivity (Wildman–Crippen MR) is 45.1 cm³/mol. The maximum atomic E-state index is 5.15. The van der Waals surface area contributed by atoms with Crippen LogP contribution in [0.25, 0.3) is 0 Å². The van der Waals surface area contributed by atoms with E-state index in [9.17, 15) is 0 Å². The average Bonchev–Trinajstić information content (AvgIpc) is 2.07. The number of methoxy groups -OCH3 is 1. The molecule has 0 aromatic heterocycles. The third-order valence-corrected chi connectivity index (χ3v) is 1.47. The minimum absolute atomic E-state index is 0. The van der Waals surface area contributed by atoms with Crippen molar-refractivity contribution in [2.45, 2.75) is 6.54 Å². The Balaban J connectivity index is 0. The second kappa shape index (κ2) is 6.46. The van der Waals surface area contributed by atoms with Gasteiger partial charge in [0.25, 0.3) is 0 Å². The minimum Gasteiger partial charge on any atom is -1.00 e. The smallest absolute Gasteiger partial charge is 1.00 e. The second-order valence-corrected chi connectivity index (χ2v) is 2.23. The first kappa shape index (κ1) is 11.9. The average molecular weight is 176 g/mol. The summed E-state index contributed by atoms with van der Waals surface area (Å²) in [6, 6.07) is 7.76. The quantitative estimate of drug-likeness (QED) is 0.311. The summed E-state index contributed by atoms with van der Waals surface area (Å²) in [4.78, 5) is 0. The van der Waals surface area contributed by atoms with Gasteiger partial charge in [-0.25, -0.2) is 0 Å². The van der Waals surface area contributed by atoms with E-state index in [4.69, 9.17) is 10.6 Å². The number of hydrazine groups is 1. The van der Waals surface area contributed by atoms with Crippen molar-refractivity contribution in [3.05, 3.63) is 29.8 Å². The molecule has 0 saturated carbocycles. The molecule has 1 aromatic carbocycles. The summed E-state index contributed by atoms with van der Waals surface area (Å²) >= 11 is 0. The molecule has 3 N–H and O–H groups in total. The molecular weight excluding hydrogens is 163 g/mol. The van der Waals surface area contributed by atoms with E-state index in [1.54, 1.807) is 7.11 Å². The van der Waals surface area contributed by atoms with Gasteiger partial charge in [-0.05, 0) is 17.7 Å². The molecule has 3 nitrogen and oxygen atoms in total. The van der Waals surface area contributed by atoms with Gasteiger partial charge in [0.1, 0.15) is 5.75 Å². The molecule has 0 aliphatic carbocycles. The molecule has 0 radical (unpaired) electrons. The molecule has 0 unspecified atom stereocenters. The second-order valence-electron chi connectivity index (χ2n) is 2.23. The summed E-state index contributed by atoms with van der Waals surface area (Å²) in [5.41, 5.74) is 3.73. The van der Waals surface area contributed by atoms with Crippen LogP contribution in [-0.2, 0) is 6.54 Å². The van der Waals surface area contributed by atoms with Crippen molar-refractivity contribution in [2.24, 2.45) is 5.84 Å². The number of hydrogen-bond acceptors (Lipinski definition) is 3. The molecule has 1 rings (SSSR count). The topological polar surface area (TPSA) is 47.3 Å². The van der Waals surface area contributed by atoms with Crippen LogP contribution in [0.3, 0.4) is 0 Å². The van der Waals surface area contributed by atoms with Crippen molar-refractivity contribution >= 4 is 0 Å². The van der Waals surface area contributed by atoms with Crippen molar-refractivity contribution in [1.29, 1.82) is 0 Å². The molecule has 0 bridgehead atoms. The molecule has 12 heavy (non-hydrogen) atoms. The SMILES string of the molecule is COc1ccc(CNN)cc1.[H-].[Na+]. The van der Waals surface area contributed by atoms with Crippen molar-refractivity contribution < 1.29 is 35.7 Å². The summed E-state index contributed by atoms with van der Waals surface area (Å²) in [5.74, 6) is 6.02. The van der Waals surface area contributed by atoms with Gasteiger partial charge in [0, 0.05) is 6.54 Å². The Morgan fingerprint density at radius 3 is 2.42 bits per heavy atom. The fourth-order valence-corrected chi connectivity index (χ4v) is 0.861. The molecule has 0 saturated heterocycles. The summed E-state index contributed by atoms with van der Waals surface area (Å²) < 4.78 is 5.00. The predicted octanol–water partition coefficient (Wildman–Crippen LogP) is -2.22. The molecule has 0 atom stereocenters. The van der Waals surface area contributed by atoms with Gasteiger partial charge in [-0.3, -0.25) is 11.3 Å². The van der Waals surface area contributed by atoms with Crippen LogP contribution < -0.4 is 45.6 Å². The van der Waals surface area contributed by atoms with E-state index in [1.807, 2.05) is 24.3 Å². The van der Waals surface area contributed by atoms with E-state index in [1.165, 1.54) is 0 Å². The number of hydrogen-bond donors (Lipinski definition) is 2. The Morgan fingerprint density at radius 2 is 2.00 bits per heavy atom. The molecule has 0 amide bonds. The van der Waals surface area contributed by atoms with Gasteiger partial charge in [0.15, 0.2) is 0 Å². The third kappa shape index (κ3) is 3.56. The number of nitrogens with one attached hydrogen (secondary N) is 1. The summed E-state index contributed by atoms with van der Waals surface area (Å²) in [6.07, 6.45) is 0. The van der Waals surface area contributed by atoms with Gasteiger partial charge in [-0.1, -0.05) is 12.1 Å². The minimum atomic E-state index is 0. The first-order valence-electron chi connectivity index (χ1n) is 3.43. The van der Waals surface area contributed by atoms with Gasteiger partial charge in [-0.2, -0.15) is 0 Å². The molecule has 0 aliphatic rings. The number of benzene rings is 1. The molecule has 62 valence electrons. The standard InChI is InChI=1S/C8H12N2O.Na.H/c1-11-8-4-2-7(3-5-8)6-10-9;;/h2-5,10H,6,9H2,1H3;;/q;+1;-1. The maximum absolute atomic E-state index is 5.15. The van der Waals surface area contributed by atoms with E-state index in [2.05, 4.69) is 5.43 Å². The molecular formula is C8H13N2NaO. The Hall–Kier alpha value is -0.0600. The Labute approximate surface area is 96.0 Å². The van der Waals surface area contributed by atoms with Crippen LogP contribution in [0.1, 0.15) is 6.99 Å². The summed E-state index contributed by atoms with van der Waals surface area (Å²) in [5, 5.41) is 0. The largest absolute Gasteiger partial charge is 1.00 e. The van der Waals surface area contributed by atoms with Crippen LogP contribution >= 0.6 is 0 Å². The summed E-state index contributed by atoms with van der Waals surface area (Å²) in [7, 11) is 1.65. The van der Waals surface area contributed by atoms with Crippen LogP contribution in [-0.4, -0.2) is 7.11 Å². The van der Waals surface area contributed by atoms with E-state index < -0.39 is 0 Å². The van der Waals surface area contributed by atoms with E-state index in [-0.39, 0.29) is 31.0 Å². The Bertz CT molecular complexity index is 218. The van der Waals surface area contributed by atoms with E-state index >= 15 is 0 Å². The monoisotopic (exact) mass is 176 g/mol. The zero-order valence-corrected chi connectivity index (χ0v) is 9.50. The summed E-state index contributed by atoms with van der Waals surface area (Å²) in [6.45, 7) is 0.685. The number of nitrogens with two attached hydrogens (primary N) is 1. The fourth-order valence-electron chi connectivity index (χ4n) is 0.861.